The standard InChI is InChI=1S/C22H23N5OS/c1-16-9-11-17(12-10-16)26-20(28)18-7-3-4-8-19(18)27-21(26)23-25(22(27)29)15-24-13-5-2-6-14-24/h3-4,7-12H,2,5-6,13-15H2,1H3. The molecule has 6 nitrogen and oxygen atoms in total. The van der Waals surface area contributed by atoms with Crippen LogP contribution in [0, 0.1) is 11.7 Å². The van der Waals surface area contributed by atoms with Crippen LogP contribution in [0.5, 0.6) is 0 Å². The maximum Gasteiger partial charge on any atom is 0.267 e. The molecule has 0 saturated carbocycles. The van der Waals surface area contributed by atoms with Gasteiger partial charge in [0.15, 0.2) is 0 Å². The van der Waals surface area contributed by atoms with E-state index in [0.717, 1.165) is 29.9 Å². The normalized spacial score (nSPS) is 15.3. The van der Waals surface area contributed by atoms with Gasteiger partial charge < -0.3 is 0 Å². The monoisotopic (exact) mass is 405 g/mol. The number of fused-ring (bicyclic) bond motifs is 3. The number of aryl methyl sites for hydroxylation is 1. The molecule has 0 aliphatic carbocycles. The summed E-state index contributed by atoms with van der Waals surface area (Å²) in [6.07, 6.45) is 3.69. The average Bonchev–Trinajstić information content (AvgIpc) is 3.06. The summed E-state index contributed by atoms with van der Waals surface area (Å²) in [6, 6.07) is 15.5. The molecule has 1 aliphatic heterocycles. The van der Waals surface area contributed by atoms with Gasteiger partial charge in [-0.3, -0.25) is 14.1 Å². The third-order valence-electron chi connectivity index (χ3n) is 5.68. The number of para-hydroxylation sites is 1. The highest BCUT2D eigenvalue weighted by atomic mass is 32.1. The molecule has 3 heterocycles. The molecule has 0 atom stereocenters. The van der Waals surface area contributed by atoms with Gasteiger partial charge in [0.1, 0.15) is 0 Å². The van der Waals surface area contributed by atoms with Crippen molar-refractivity contribution in [3.63, 3.8) is 0 Å². The molecule has 0 spiro atoms. The summed E-state index contributed by atoms with van der Waals surface area (Å²) < 4.78 is 6.06. The van der Waals surface area contributed by atoms with Crippen LogP contribution in [0.15, 0.2) is 53.3 Å². The molecule has 7 heteroatoms. The Balaban J connectivity index is 1.79. The average molecular weight is 406 g/mol. The van der Waals surface area contributed by atoms with Gasteiger partial charge in [-0.1, -0.05) is 36.2 Å². The van der Waals surface area contributed by atoms with E-state index in [1.54, 1.807) is 4.57 Å². The van der Waals surface area contributed by atoms with Crippen molar-refractivity contribution in [3.05, 3.63) is 69.2 Å². The lowest BCUT2D eigenvalue weighted by Gasteiger charge is -2.25. The van der Waals surface area contributed by atoms with Crippen molar-refractivity contribution in [2.24, 2.45) is 0 Å². The molecule has 4 aromatic rings. The van der Waals surface area contributed by atoms with E-state index in [1.165, 1.54) is 19.3 Å². The van der Waals surface area contributed by atoms with Gasteiger partial charge in [0.05, 0.1) is 23.3 Å². The van der Waals surface area contributed by atoms with Crippen molar-refractivity contribution in [2.75, 3.05) is 13.1 Å². The third kappa shape index (κ3) is 3.10. The summed E-state index contributed by atoms with van der Waals surface area (Å²) in [7, 11) is 0. The number of likely N-dealkylation sites (tertiary alicyclic amines) is 1. The molecule has 0 N–H and O–H groups in total. The van der Waals surface area contributed by atoms with Crippen molar-refractivity contribution in [1.29, 1.82) is 0 Å². The minimum Gasteiger partial charge on any atom is -0.284 e. The summed E-state index contributed by atoms with van der Waals surface area (Å²) >= 11 is 5.82. The first kappa shape index (κ1) is 18.3. The zero-order valence-electron chi connectivity index (χ0n) is 16.4. The molecule has 148 valence electrons. The van der Waals surface area contributed by atoms with Crippen LogP contribution in [0.3, 0.4) is 0 Å². The van der Waals surface area contributed by atoms with Crippen LogP contribution >= 0.6 is 12.2 Å². The molecule has 5 rings (SSSR count). The lowest BCUT2D eigenvalue weighted by Crippen LogP contribution is -2.32. The van der Waals surface area contributed by atoms with Crippen molar-refractivity contribution >= 4 is 28.9 Å². The van der Waals surface area contributed by atoms with Crippen LogP contribution in [0.1, 0.15) is 24.8 Å². The van der Waals surface area contributed by atoms with Gasteiger partial charge in [-0.15, -0.1) is 5.10 Å². The van der Waals surface area contributed by atoms with Gasteiger partial charge in [-0.2, -0.15) is 0 Å². The van der Waals surface area contributed by atoms with Crippen LogP contribution in [0.25, 0.3) is 22.4 Å². The second-order valence-electron chi connectivity index (χ2n) is 7.73. The maximum absolute atomic E-state index is 13.4. The zero-order valence-corrected chi connectivity index (χ0v) is 17.2. The molecule has 0 radical (unpaired) electrons. The lowest BCUT2D eigenvalue weighted by atomic mass is 10.1. The molecule has 0 bridgehead atoms. The summed E-state index contributed by atoms with van der Waals surface area (Å²) in [6.45, 7) is 4.80. The summed E-state index contributed by atoms with van der Waals surface area (Å²) in [5.41, 5.74) is 2.65. The Morgan fingerprint density at radius 1 is 1.00 bits per heavy atom. The molecule has 2 aromatic heterocycles. The Kier molecular flexibility index (Phi) is 4.56. The van der Waals surface area contributed by atoms with Gasteiger partial charge in [0, 0.05) is 0 Å². The Hall–Kier alpha value is -2.77. The fourth-order valence-corrected chi connectivity index (χ4v) is 4.40. The van der Waals surface area contributed by atoms with E-state index < -0.39 is 0 Å². The van der Waals surface area contributed by atoms with E-state index in [4.69, 9.17) is 17.3 Å². The predicted octanol–water partition coefficient (Wildman–Crippen LogP) is 3.92. The van der Waals surface area contributed by atoms with Crippen LogP contribution < -0.4 is 5.56 Å². The molecule has 1 fully saturated rings. The van der Waals surface area contributed by atoms with Crippen molar-refractivity contribution in [3.8, 4) is 5.69 Å². The van der Waals surface area contributed by atoms with Crippen molar-refractivity contribution < 1.29 is 0 Å². The van der Waals surface area contributed by atoms with Gasteiger partial charge in [0.2, 0.25) is 10.5 Å². The molecule has 1 aliphatic rings. The number of hydrogen-bond donors (Lipinski definition) is 0. The summed E-state index contributed by atoms with van der Waals surface area (Å²) in [4.78, 5) is 15.8. The largest absolute Gasteiger partial charge is 0.284 e. The second-order valence-corrected chi connectivity index (χ2v) is 8.10. The Morgan fingerprint density at radius 2 is 1.72 bits per heavy atom. The van der Waals surface area contributed by atoms with Gasteiger partial charge in [-0.05, 0) is 69.3 Å². The molecule has 2 aromatic carbocycles. The number of nitrogens with zero attached hydrogens (tertiary/aromatic N) is 5. The molecule has 0 unspecified atom stereocenters. The Bertz CT molecular complexity index is 1310. The van der Waals surface area contributed by atoms with Gasteiger partial charge in [-0.25, -0.2) is 9.25 Å². The van der Waals surface area contributed by atoms with E-state index in [2.05, 4.69) is 4.90 Å². The molecule has 0 amide bonds. The first-order chi connectivity index (χ1) is 14.1. The first-order valence-corrected chi connectivity index (χ1v) is 10.5. The number of rotatable bonds is 3. The SMILES string of the molecule is Cc1ccc(-n2c(=O)c3ccccc3n3c(=S)n(CN4CCCCC4)nc23)cc1. The molecule has 1 saturated heterocycles. The van der Waals surface area contributed by atoms with E-state index in [-0.39, 0.29) is 5.56 Å². The minimum atomic E-state index is -0.0814. The Labute approximate surface area is 173 Å². The molecular formula is C22H23N5OS. The highest BCUT2D eigenvalue weighted by molar-refractivity contribution is 7.71. The van der Waals surface area contributed by atoms with Crippen molar-refractivity contribution in [1.82, 2.24) is 23.6 Å². The third-order valence-corrected chi connectivity index (χ3v) is 6.07. The smallest absolute Gasteiger partial charge is 0.267 e. The lowest BCUT2D eigenvalue weighted by molar-refractivity contribution is 0.172. The predicted molar refractivity (Wildman–Crippen MR) is 117 cm³/mol. The van der Waals surface area contributed by atoms with Crippen molar-refractivity contribution in [2.45, 2.75) is 32.9 Å². The zero-order chi connectivity index (χ0) is 20.0. The first-order valence-electron chi connectivity index (χ1n) is 10.1. The molecule has 29 heavy (non-hydrogen) atoms. The highest BCUT2D eigenvalue weighted by Crippen LogP contribution is 2.19. The number of aromatic nitrogens is 4. The molecular weight excluding hydrogens is 382 g/mol. The van der Waals surface area contributed by atoms with Gasteiger partial charge >= 0.3 is 0 Å². The topological polar surface area (TPSA) is 47.5 Å². The summed E-state index contributed by atoms with van der Waals surface area (Å²) in [5, 5.41) is 5.45. The van der Waals surface area contributed by atoms with Crippen LogP contribution in [0.4, 0.5) is 0 Å². The second kappa shape index (κ2) is 7.24. The van der Waals surface area contributed by atoms with Crippen LogP contribution in [0.2, 0.25) is 0 Å². The highest BCUT2D eigenvalue weighted by Gasteiger charge is 2.18. The number of hydrogen-bond acceptors (Lipinski definition) is 4. The van der Waals surface area contributed by atoms with E-state index in [9.17, 15) is 4.79 Å². The van der Waals surface area contributed by atoms with E-state index in [0.29, 0.717) is 22.6 Å². The minimum absolute atomic E-state index is 0.0814. The van der Waals surface area contributed by atoms with Crippen LogP contribution in [-0.2, 0) is 6.67 Å². The van der Waals surface area contributed by atoms with Gasteiger partial charge in [0.25, 0.3) is 5.56 Å². The Morgan fingerprint density at radius 3 is 2.48 bits per heavy atom. The number of piperidine rings is 1. The number of benzene rings is 2. The van der Waals surface area contributed by atoms with Crippen LogP contribution in [-0.4, -0.2) is 36.7 Å². The maximum atomic E-state index is 13.4. The summed E-state index contributed by atoms with van der Waals surface area (Å²) in [5.74, 6) is 0.555. The quantitative estimate of drug-likeness (QED) is 0.485. The fraction of sp³-hybridized carbons (Fsp3) is 0.318. The van der Waals surface area contributed by atoms with E-state index >= 15 is 0 Å². The fourth-order valence-electron chi connectivity index (χ4n) is 4.12. The van der Waals surface area contributed by atoms with E-state index in [1.807, 2.05) is 64.5 Å².